The molecule has 86 valence electrons. The van der Waals surface area contributed by atoms with Gasteiger partial charge < -0.3 is 15.7 Å². The molecule has 1 aliphatic heterocycles. The van der Waals surface area contributed by atoms with Crippen LogP contribution in [0.25, 0.3) is 0 Å². The van der Waals surface area contributed by atoms with Crippen LogP contribution in [0.1, 0.15) is 6.42 Å². The Balaban J connectivity index is 2.06. The Hall–Kier alpha value is -1.62. The smallest absolute Gasteiger partial charge is 0.305 e. The van der Waals surface area contributed by atoms with Crippen LogP contribution in [-0.2, 0) is 4.79 Å². The van der Waals surface area contributed by atoms with Crippen molar-refractivity contribution in [3.63, 3.8) is 0 Å². The minimum absolute atomic E-state index is 0.0530. The molecule has 4 nitrogen and oxygen atoms in total. The fourth-order valence-corrected chi connectivity index (χ4v) is 1.81. The normalized spacial score (nSPS) is 17.6. The molecule has 0 unspecified atom stereocenters. The van der Waals surface area contributed by atoms with E-state index < -0.39 is 11.5 Å². The highest BCUT2D eigenvalue weighted by Crippen LogP contribution is 2.23. The Bertz CT molecular complexity index is 387. The Kier molecular flexibility index (Phi) is 2.78. The third-order valence-electron chi connectivity index (χ3n) is 2.67. The minimum atomic E-state index is -0.837. The molecule has 1 fully saturated rings. The van der Waals surface area contributed by atoms with Crippen molar-refractivity contribution in [2.75, 3.05) is 18.4 Å². The quantitative estimate of drug-likeness (QED) is 0.715. The predicted molar refractivity (Wildman–Crippen MR) is 57.9 cm³/mol. The number of carbonyl (C=O) groups is 1. The van der Waals surface area contributed by atoms with Crippen LogP contribution in [0.5, 0.6) is 0 Å². The van der Waals surface area contributed by atoms with Gasteiger partial charge in [0.2, 0.25) is 0 Å². The molecule has 1 aromatic carbocycles. The highest BCUT2D eigenvalue weighted by atomic mass is 19.1. The fourth-order valence-electron chi connectivity index (χ4n) is 1.81. The number of hydrogen-bond acceptors (Lipinski definition) is 3. The van der Waals surface area contributed by atoms with Gasteiger partial charge >= 0.3 is 5.97 Å². The van der Waals surface area contributed by atoms with Crippen molar-refractivity contribution >= 4 is 11.7 Å². The van der Waals surface area contributed by atoms with Crippen molar-refractivity contribution in [1.82, 2.24) is 5.32 Å². The maximum atomic E-state index is 12.7. The van der Waals surface area contributed by atoms with Gasteiger partial charge in [-0.25, -0.2) is 4.39 Å². The van der Waals surface area contributed by atoms with E-state index in [2.05, 4.69) is 10.6 Å². The number of nitrogens with one attached hydrogen (secondary N) is 2. The molecule has 1 aliphatic rings. The zero-order chi connectivity index (χ0) is 11.6. The molecule has 5 heteroatoms. The third kappa shape index (κ3) is 2.30. The number of benzene rings is 1. The van der Waals surface area contributed by atoms with Crippen LogP contribution in [0, 0.1) is 5.82 Å². The molecule has 0 bridgehead atoms. The van der Waals surface area contributed by atoms with Crippen molar-refractivity contribution in [3.05, 3.63) is 30.1 Å². The number of aliphatic carboxylic acids is 1. The van der Waals surface area contributed by atoms with Crippen molar-refractivity contribution in [1.29, 1.82) is 0 Å². The SMILES string of the molecule is O=C(O)CC1(Nc2ccc(F)cc2)CNC1. The summed E-state index contributed by atoms with van der Waals surface area (Å²) in [5.41, 5.74) is 0.299. The molecular weight excluding hydrogens is 211 g/mol. The predicted octanol–water partition coefficient (Wildman–Crippen LogP) is 1.05. The highest BCUT2D eigenvalue weighted by Gasteiger charge is 2.38. The summed E-state index contributed by atoms with van der Waals surface area (Å²) in [6, 6.07) is 5.92. The van der Waals surface area contributed by atoms with Gasteiger partial charge in [-0.15, -0.1) is 0 Å². The van der Waals surface area contributed by atoms with Gasteiger partial charge in [-0.3, -0.25) is 4.79 Å². The van der Waals surface area contributed by atoms with E-state index in [0.717, 1.165) is 5.69 Å². The van der Waals surface area contributed by atoms with Crippen LogP contribution in [-0.4, -0.2) is 29.7 Å². The zero-order valence-corrected chi connectivity index (χ0v) is 8.66. The number of carboxylic acids is 1. The molecular formula is C11H13FN2O2. The summed E-state index contributed by atoms with van der Waals surface area (Å²) in [6.07, 6.45) is 0.0530. The van der Waals surface area contributed by atoms with E-state index in [1.54, 1.807) is 12.1 Å². The molecule has 0 atom stereocenters. The number of anilines is 1. The van der Waals surface area contributed by atoms with Gasteiger partial charge in [-0.1, -0.05) is 0 Å². The van der Waals surface area contributed by atoms with E-state index >= 15 is 0 Å². The number of hydrogen-bond donors (Lipinski definition) is 3. The maximum Gasteiger partial charge on any atom is 0.305 e. The lowest BCUT2D eigenvalue weighted by molar-refractivity contribution is -0.138. The van der Waals surface area contributed by atoms with E-state index in [4.69, 9.17) is 5.11 Å². The molecule has 3 N–H and O–H groups in total. The maximum absolute atomic E-state index is 12.7. The largest absolute Gasteiger partial charge is 0.481 e. The van der Waals surface area contributed by atoms with E-state index in [0.29, 0.717) is 13.1 Å². The Morgan fingerprint density at radius 2 is 2.06 bits per heavy atom. The first-order valence-corrected chi connectivity index (χ1v) is 5.06. The van der Waals surface area contributed by atoms with E-state index in [9.17, 15) is 9.18 Å². The second-order valence-corrected chi connectivity index (χ2v) is 4.09. The van der Waals surface area contributed by atoms with Crippen molar-refractivity contribution in [3.8, 4) is 0 Å². The van der Waals surface area contributed by atoms with Crippen LogP contribution >= 0.6 is 0 Å². The molecule has 0 saturated carbocycles. The second kappa shape index (κ2) is 4.09. The van der Waals surface area contributed by atoms with Gasteiger partial charge in [-0.2, -0.15) is 0 Å². The lowest BCUT2D eigenvalue weighted by Gasteiger charge is -2.43. The summed E-state index contributed by atoms with van der Waals surface area (Å²) in [6.45, 7) is 1.22. The second-order valence-electron chi connectivity index (χ2n) is 4.09. The zero-order valence-electron chi connectivity index (χ0n) is 8.66. The van der Waals surface area contributed by atoms with Crippen LogP contribution in [0.3, 0.4) is 0 Å². The Labute approximate surface area is 92.5 Å². The van der Waals surface area contributed by atoms with Gasteiger partial charge in [0.15, 0.2) is 0 Å². The lowest BCUT2D eigenvalue weighted by Crippen LogP contribution is -2.65. The number of carboxylic acid groups (broad SMARTS) is 1. The summed E-state index contributed by atoms with van der Waals surface area (Å²) in [7, 11) is 0. The first-order chi connectivity index (χ1) is 7.60. The highest BCUT2D eigenvalue weighted by molar-refractivity contribution is 5.70. The average molecular weight is 224 g/mol. The molecule has 0 amide bonds. The molecule has 16 heavy (non-hydrogen) atoms. The van der Waals surface area contributed by atoms with Crippen LogP contribution in [0.4, 0.5) is 10.1 Å². The lowest BCUT2D eigenvalue weighted by atomic mass is 9.88. The monoisotopic (exact) mass is 224 g/mol. The Morgan fingerprint density at radius 3 is 2.50 bits per heavy atom. The van der Waals surface area contributed by atoms with Crippen molar-refractivity contribution in [2.45, 2.75) is 12.0 Å². The van der Waals surface area contributed by atoms with E-state index in [1.165, 1.54) is 12.1 Å². The first kappa shape index (κ1) is 10.9. The van der Waals surface area contributed by atoms with Gasteiger partial charge in [0, 0.05) is 18.8 Å². The molecule has 0 spiro atoms. The van der Waals surface area contributed by atoms with E-state index in [1.807, 2.05) is 0 Å². The summed E-state index contributed by atoms with van der Waals surface area (Å²) >= 11 is 0. The van der Waals surface area contributed by atoms with Crippen molar-refractivity contribution < 1.29 is 14.3 Å². The molecule has 0 aliphatic carbocycles. The topological polar surface area (TPSA) is 61.4 Å². The van der Waals surface area contributed by atoms with Crippen LogP contribution in [0.15, 0.2) is 24.3 Å². The van der Waals surface area contributed by atoms with Gasteiger partial charge in [0.05, 0.1) is 12.0 Å². The van der Waals surface area contributed by atoms with Crippen molar-refractivity contribution in [2.24, 2.45) is 0 Å². The summed E-state index contributed by atoms with van der Waals surface area (Å²) < 4.78 is 12.7. The molecule has 0 radical (unpaired) electrons. The number of halogens is 1. The van der Waals surface area contributed by atoms with Gasteiger partial charge in [0.1, 0.15) is 5.82 Å². The first-order valence-electron chi connectivity index (χ1n) is 5.06. The van der Waals surface area contributed by atoms with Crippen LogP contribution < -0.4 is 10.6 Å². The van der Waals surface area contributed by atoms with Crippen LogP contribution in [0.2, 0.25) is 0 Å². The standard InChI is InChI=1S/C11H13FN2O2/c12-8-1-3-9(4-2-8)14-11(5-10(15)16)6-13-7-11/h1-4,13-14H,5-7H2,(H,15,16). The van der Waals surface area contributed by atoms with Gasteiger partial charge in [0.25, 0.3) is 0 Å². The summed E-state index contributed by atoms with van der Waals surface area (Å²) in [4.78, 5) is 10.7. The molecule has 2 rings (SSSR count). The molecule has 1 heterocycles. The van der Waals surface area contributed by atoms with E-state index in [-0.39, 0.29) is 12.2 Å². The summed E-state index contributed by atoms with van der Waals surface area (Å²) in [5, 5.41) is 15.0. The molecule has 1 aromatic rings. The van der Waals surface area contributed by atoms with Gasteiger partial charge in [-0.05, 0) is 24.3 Å². The molecule has 1 saturated heterocycles. The third-order valence-corrected chi connectivity index (χ3v) is 2.67. The minimum Gasteiger partial charge on any atom is -0.481 e. The number of rotatable bonds is 4. The summed E-state index contributed by atoms with van der Waals surface area (Å²) in [5.74, 6) is -1.14. The average Bonchev–Trinajstić information content (AvgIpc) is 2.17. The molecule has 0 aromatic heterocycles. The fraction of sp³-hybridized carbons (Fsp3) is 0.364. The Morgan fingerprint density at radius 1 is 1.44 bits per heavy atom.